The molecule has 0 aliphatic heterocycles. The third-order valence-electron chi connectivity index (χ3n) is 1.71. The first kappa shape index (κ1) is 11.0. The molecule has 1 aromatic heterocycles. The number of H-pyrrole nitrogens is 1. The van der Waals surface area contributed by atoms with E-state index in [1.54, 1.807) is 18.3 Å². The molecule has 0 aliphatic carbocycles. The molecule has 0 saturated heterocycles. The number of aromatic nitrogens is 1. The van der Waals surface area contributed by atoms with E-state index in [0.717, 1.165) is 5.56 Å². The normalized spacial score (nSPS) is 10.5. The number of aromatic amines is 1. The second kappa shape index (κ2) is 4.99. The quantitative estimate of drug-likeness (QED) is 0.732. The summed E-state index contributed by atoms with van der Waals surface area (Å²) < 4.78 is 4.50. The predicted octanol–water partition coefficient (Wildman–Crippen LogP) is 1.29. The maximum atomic E-state index is 11.0. The van der Waals surface area contributed by atoms with Gasteiger partial charge in [0.05, 0.1) is 13.5 Å². The number of carbonyl (C=O) groups excluding carboxylic acids is 1. The molecule has 0 atom stereocenters. The van der Waals surface area contributed by atoms with Crippen LogP contribution < -0.4 is 0 Å². The van der Waals surface area contributed by atoms with Gasteiger partial charge in [-0.25, -0.2) is 4.79 Å². The van der Waals surface area contributed by atoms with E-state index in [1.165, 1.54) is 13.2 Å². The maximum Gasteiger partial charge on any atom is 0.354 e. The zero-order valence-corrected chi connectivity index (χ0v) is 8.19. The molecule has 5 heteroatoms. The number of carbonyl (C=O) groups is 2. The van der Waals surface area contributed by atoms with Gasteiger partial charge in [0, 0.05) is 6.20 Å². The fourth-order valence-corrected chi connectivity index (χ4v) is 1.03. The summed E-state index contributed by atoms with van der Waals surface area (Å²) >= 11 is 0. The number of rotatable bonds is 4. The highest BCUT2D eigenvalue weighted by atomic mass is 16.5. The Balaban J connectivity index is 2.64. The number of nitrogens with one attached hydrogen (secondary N) is 1. The molecule has 0 bridgehead atoms. The Hall–Kier alpha value is -2.04. The fraction of sp³-hybridized carbons (Fsp3) is 0.200. The highest BCUT2D eigenvalue weighted by Gasteiger charge is 2.06. The molecule has 0 saturated carbocycles. The number of carboxylic acid groups (broad SMARTS) is 1. The summed E-state index contributed by atoms with van der Waals surface area (Å²) in [6.07, 6.45) is 4.69. The summed E-state index contributed by atoms with van der Waals surface area (Å²) in [5, 5.41) is 8.39. The Bertz CT molecular complexity index is 392. The first-order chi connectivity index (χ1) is 7.13. The van der Waals surface area contributed by atoms with E-state index in [-0.39, 0.29) is 6.42 Å². The molecule has 0 aliphatic rings. The van der Waals surface area contributed by atoms with Gasteiger partial charge < -0.3 is 14.8 Å². The van der Waals surface area contributed by atoms with Crippen molar-refractivity contribution in [1.82, 2.24) is 4.98 Å². The first-order valence-electron chi connectivity index (χ1n) is 4.28. The fourth-order valence-electron chi connectivity index (χ4n) is 1.03. The Morgan fingerprint density at radius 1 is 1.60 bits per heavy atom. The van der Waals surface area contributed by atoms with Crippen molar-refractivity contribution in [3.05, 3.63) is 29.6 Å². The molecule has 1 aromatic rings. The molecule has 2 N–H and O–H groups in total. The van der Waals surface area contributed by atoms with Gasteiger partial charge in [-0.05, 0) is 11.6 Å². The molecule has 0 radical (unpaired) electrons. The molecule has 15 heavy (non-hydrogen) atoms. The van der Waals surface area contributed by atoms with Crippen molar-refractivity contribution in [2.45, 2.75) is 6.42 Å². The first-order valence-corrected chi connectivity index (χ1v) is 4.28. The molecule has 0 fully saturated rings. The third-order valence-corrected chi connectivity index (χ3v) is 1.71. The van der Waals surface area contributed by atoms with Crippen LogP contribution in [0.25, 0.3) is 6.08 Å². The van der Waals surface area contributed by atoms with E-state index in [0.29, 0.717) is 5.69 Å². The minimum absolute atomic E-state index is 0.0429. The van der Waals surface area contributed by atoms with Crippen molar-refractivity contribution < 1.29 is 19.4 Å². The molecular formula is C10H11NO4. The molecule has 5 nitrogen and oxygen atoms in total. The second-order valence-corrected chi connectivity index (χ2v) is 2.84. The average Bonchev–Trinajstić information content (AvgIpc) is 2.65. The SMILES string of the molecule is COC(=O)c1cc(C=CCC(=O)O)c[nH]1. The molecular weight excluding hydrogens is 198 g/mol. The van der Waals surface area contributed by atoms with Crippen molar-refractivity contribution >= 4 is 18.0 Å². The number of methoxy groups -OCH3 is 1. The van der Waals surface area contributed by atoms with Crippen LogP contribution in [-0.2, 0) is 9.53 Å². The van der Waals surface area contributed by atoms with Crippen molar-refractivity contribution in [2.24, 2.45) is 0 Å². The molecule has 1 rings (SSSR count). The number of hydrogen-bond donors (Lipinski definition) is 2. The van der Waals surface area contributed by atoms with Crippen molar-refractivity contribution in [2.75, 3.05) is 7.11 Å². The number of carboxylic acids is 1. The van der Waals surface area contributed by atoms with Gasteiger partial charge in [-0.15, -0.1) is 0 Å². The van der Waals surface area contributed by atoms with Crippen LogP contribution in [0.15, 0.2) is 18.3 Å². The van der Waals surface area contributed by atoms with Gasteiger partial charge in [0.2, 0.25) is 0 Å². The number of hydrogen-bond acceptors (Lipinski definition) is 3. The summed E-state index contributed by atoms with van der Waals surface area (Å²) in [7, 11) is 1.29. The molecule has 1 heterocycles. The lowest BCUT2D eigenvalue weighted by Crippen LogP contribution is -2.00. The highest BCUT2D eigenvalue weighted by molar-refractivity contribution is 5.88. The third kappa shape index (κ3) is 3.30. The molecule has 0 spiro atoms. The molecule has 0 aromatic carbocycles. The molecule has 80 valence electrons. The van der Waals surface area contributed by atoms with E-state index in [1.807, 2.05) is 0 Å². The number of esters is 1. The van der Waals surface area contributed by atoms with Crippen molar-refractivity contribution in [3.63, 3.8) is 0 Å². The van der Waals surface area contributed by atoms with Gasteiger partial charge >= 0.3 is 11.9 Å². The Labute approximate surface area is 86.4 Å². The van der Waals surface area contributed by atoms with E-state index in [9.17, 15) is 9.59 Å². The van der Waals surface area contributed by atoms with Gasteiger partial charge in [-0.1, -0.05) is 12.2 Å². The van der Waals surface area contributed by atoms with Crippen LogP contribution >= 0.6 is 0 Å². The summed E-state index contributed by atoms with van der Waals surface area (Å²) in [4.78, 5) is 24.0. The zero-order valence-electron chi connectivity index (χ0n) is 8.19. The molecule has 0 amide bonds. The minimum Gasteiger partial charge on any atom is -0.481 e. The van der Waals surface area contributed by atoms with Gasteiger partial charge in [-0.3, -0.25) is 4.79 Å². The summed E-state index contributed by atoms with van der Waals surface area (Å²) in [6.45, 7) is 0. The maximum absolute atomic E-state index is 11.0. The Morgan fingerprint density at radius 2 is 2.33 bits per heavy atom. The monoisotopic (exact) mass is 209 g/mol. The minimum atomic E-state index is -0.894. The summed E-state index contributed by atoms with van der Waals surface area (Å²) in [5.41, 5.74) is 1.07. The van der Waals surface area contributed by atoms with Crippen molar-refractivity contribution in [3.8, 4) is 0 Å². The van der Waals surface area contributed by atoms with Gasteiger partial charge in [0.15, 0.2) is 0 Å². The highest BCUT2D eigenvalue weighted by Crippen LogP contribution is 2.07. The van der Waals surface area contributed by atoms with Crippen LogP contribution in [0, 0.1) is 0 Å². The number of aliphatic carboxylic acids is 1. The van der Waals surface area contributed by atoms with E-state index in [4.69, 9.17) is 5.11 Å². The lowest BCUT2D eigenvalue weighted by molar-refractivity contribution is -0.135. The molecule has 0 unspecified atom stereocenters. The van der Waals surface area contributed by atoms with Crippen LogP contribution in [0.4, 0.5) is 0 Å². The standard InChI is InChI=1S/C10H11NO4/c1-15-10(14)8-5-7(6-11-8)3-2-4-9(12)13/h2-3,5-6,11H,4H2,1H3,(H,12,13). The van der Waals surface area contributed by atoms with E-state index < -0.39 is 11.9 Å². The second-order valence-electron chi connectivity index (χ2n) is 2.84. The van der Waals surface area contributed by atoms with Crippen LogP contribution in [0.1, 0.15) is 22.5 Å². The summed E-state index contributed by atoms with van der Waals surface area (Å²) in [6, 6.07) is 1.59. The van der Waals surface area contributed by atoms with Gasteiger partial charge in [-0.2, -0.15) is 0 Å². The zero-order chi connectivity index (χ0) is 11.3. The predicted molar refractivity (Wildman–Crippen MR) is 53.4 cm³/mol. The largest absolute Gasteiger partial charge is 0.481 e. The lowest BCUT2D eigenvalue weighted by atomic mass is 10.2. The van der Waals surface area contributed by atoms with Crippen LogP contribution in [-0.4, -0.2) is 29.1 Å². The van der Waals surface area contributed by atoms with Gasteiger partial charge in [0.1, 0.15) is 5.69 Å². The average molecular weight is 209 g/mol. The Morgan fingerprint density at radius 3 is 2.93 bits per heavy atom. The van der Waals surface area contributed by atoms with Crippen molar-refractivity contribution in [1.29, 1.82) is 0 Å². The topological polar surface area (TPSA) is 79.4 Å². The summed E-state index contributed by atoms with van der Waals surface area (Å²) in [5.74, 6) is -1.34. The van der Waals surface area contributed by atoms with Crippen LogP contribution in [0.5, 0.6) is 0 Å². The Kier molecular flexibility index (Phi) is 3.68. The van der Waals surface area contributed by atoms with Crippen LogP contribution in [0.2, 0.25) is 0 Å². The van der Waals surface area contributed by atoms with Crippen LogP contribution in [0.3, 0.4) is 0 Å². The lowest BCUT2D eigenvalue weighted by Gasteiger charge is -1.91. The van der Waals surface area contributed by atoms with E-state index >= 15 is 0 Å². The van der Waals surface area contributed by atoms with Gasteiger partial charge in [0.25, 0.3) is 0 Å². The van der Waals surface area contributed by atoms with E-state index in [2.05, 4.69) is 9.72 Å². The number of ether oxygens (including phenoxy) is 1. The smallest absolute Gasteiger partial charge is 0.354 e.